The number of nitro groups is 1. The van der Waals surface area contributed by atoms with Gasteiger partial charge in [-0.1, -0.05) is 6.92 Å². The summed E-state index contributed by atoms with van der Waals surface area (Å²) in [6, 6.07) is 2.47. The molecule has 1 aromatic rings. The molecule has 0 spiro atoms. The van der Waals surface area contributed by atoms with Crippen LogP contribution in [0.25, 0.3) is 0 Å². The molecule has 1 aromatic heterocycles. The minimum Gasteiger partial charge on any atom is -0.476 e. The third-order valence-corrected chi connectivity index (χ3v) is 5.46. The molecule has 1 saturated heterocycles. The van der Waals surface area contributed by atoms with E-state index in [0.717, 1.165) is 0 Å². The molecule has 0 radical (unpaired) electrons. The molecule has 2 heterocycles. The molecule has 0 bridgehead atoms. The maximum Gasteiger partial charge on any atom is 0.406 e. The second-order valence-electron chi connectivity index (χ2n) is 5.51. The van der Waals surface area contributed by atoms with E-state index >= 15 is 0 Å². The van der Waals surface area contributed by atoms with Gasteiger partial charge >= 0.3 is 5.82 Å². The summed E-state index contributed by atoms with van der Waals surface area (Å²) in [6.07, 6.45) is 2.34. The standard InChI is InChI=1S/C14H19N3O6S/c1-2-7-16(11-5-8-24(21,22)10-11)13(18)9-23-12-4-3-6-15-14(12)17(19)20/h3-4,6,11H,2,5,7-10H2,1H3. The Morgan fingerprint density at radius 3 is 2.88 bits per heavy atom. The van der Waals surface area contributed by atoms with Crippen LogP contribution in [0.3, 0.4) is 0 Å². The van der Waals surface area contributed by atoms with E-state index in [1.54, 1.807) is 0 Å². The lowest BCUT2D eigenvalue weighted by Crippen LogP contribution is -2.44. The van der Waals surface area contributed by atoms with Crippen molar-refractivity contribution in [2.24, 2.45) is 0 Å². The maximum absolute atomic E-state index is 12.4. The molecule has 2 rings (SSSR count). The highest BCUT2D eigenvalue weighted by Crippen LogP contribution is 2.23. The number of carbonyl (C=O) groups is 1. The number of amides is 1. The Balaban J connectivity index is 2.05. The number of hydrogen-bond acceptors (Lipinski definition) is 7. The highest BCUT2D eigenvalue weighted by atomic mass is 32.2. The zero-order valence-electron chi connectivity index (χ0n) is 13.3. The summed E-state index contributed by atoms with van der Waals surface area (Å²) in [6.45, 7) is 1.90. The largest absolute Gasteiger partial charge is 0.476 e. The summed E-state index contributed by atoms with van der Waals surface area (Å²) >= 11 is 0. The molecule has 1 aliphatic heterocycles. The summed E-state index contributed by atoms with van der Waals surface area (Å²) in [5.41, 5.74) is 0. The highest BCUT2D eigenvalue weighted by molar-refractivity contribution is 7.91. The van der Waals surface area contributed by atoms with Crippen LogP contribution in [0.5, 0.6) is 5.75 Å². The first kappa shape index (κ1) is 18.1. The van der Waals surface area contributed by atoms with Gasteiger partial charge in [0.2, 0.25) is 5.75 Å². The van der Waals surface area contributed by atoms with E-state index in [2.05, 4.69) is 4.98 Å². The van der Waals surface area contributed by atoms with E-state index < -0.39 is 33.1 Å². The first-order valence-electron chi connectivity index (χ1n) is 7.56. The molecule has 0 aliphatic carbocycles. The first-order chi connectivity index (χ1) is 11.3. The van der Waals surface area contributed by atoms with Crippen LogP contribution in [0.2, 0.25) is 0 Å². The van der Waals surface area contributed by atoms with Gasteiger partial charge in [0.25, 0.3) is 5.91 Å². The van der Waals surface area contributed by atoms with E-state index in [4.69, 9.17) is 4.74 Å². The number of pyridine rings is 1. The smallest absolute Gasteiger partial charge is 0.406 e. The molecule has 9 nitrogen and oxygen atoms in total. The Labute approximate surface area is 139 Å². The molecule has 0 aromatic carbocycles. The Hall–Kier alpha value is -2.23. The molecule has 0 N–H and O–H groups in total. The summed E-state index contributed by atoms with van der Waals surface area (Å²) in [5, 5.41) is 10.9. The van der Waals surface area contributed by atoms with Crippen LogP contribution in [0, 0.1) is 10.1 Å². The fraction of sp³-hybridized carbons (Fsp3) is 0.571. The first-order valence-corrected chi connectivity index (χ1v) is 9.38. The van der Waals surface area contributed by atoms with E-state index in [1.165, 1.54) is 23.2 Å². The van der Waals surface area contributed by atoms with Gasteiger partial charge in [-0.05, 0) is 34.9 Å². The van der Waals surface area contributed by atoms with Gasteiger partial charge in [-0.3, -0.25) is 4.79 Å². The molecular formula is C14H19N3O6S. The normalized spacial score (nSPS) is 19.0. The lowest BCUT2D eigenvalue weighted by atomic mass is 10.2. The monoisotopic (exact) mass is 357 g/mol. The van der Waals surface area contributed by atoms with E-state index in [1.807, 2.05) is 6.92 Å². The molecule has 132 valence electrons. The molecule has 1 amide bonds. The Morgan fingerprint density at radius 1 is 1.54 bits per heavy atom. The predicted octanol–water partition coefficient (Wildman–Crippen LogP) is 0.794. The van der Waals surface area contributed by atoms with Crippen molar-refractivity contribution < 1.29 is 22.9 Å². The van der Waals surface area contributed by atoms with Crippen LogP contribution in [0.15, 0.2) is 18.3 Å². The van der Waals surface area contributed by atoms with Crippen molar-refractivity contribution in [3.8, 4) is 5.75 Å². The molecular weight excluding hydrogens is 338 g/mol. The van der Waals surface area contributed by atoms with Gasteiger partial charge in [-0.2, -0.15) is 0 Å². The lowest BCUT2D eigenvalue weighted by Gasteiger charge is -2.27. The van der Waals surface area contributed by atoms with Gasteiger partial charge < -0.3 is 19.8 Å². The van der Waals surface area contributed by atoms with Crippen LogP contribution in [-0.2, 0) is 14.6 Å². The second kappa shape index (κ2) is 7.56. The number of rotatable bonds is 7. The van der Waals surface area contributed by atoms with Crippen LogP contribution < -0.4 is 4.74 Å². The Kier molecular flexibility index (Phi) is 5.71. The lowest BCUT2D eigenvalue weighted by molar-refractivity contribution is -0.390. The Morgan fingerprint density at radius 2 is 2.29 bits per heavy atom. The van der Waals surface area contributed by atoms with Crippen molar-refractivity contribution in [2.45, 2.75) is 25.8 Å². The molecule has 1 aliphatic rings. The average molecular weight is 357 g/mol. The van der Waals surface area contributed by atoms with Gasteiger partial charge in [0, 0.05) is 12.6 Å². The van der Waals surface area contributed by atoms with Crippen molar-refractivity contribution in [1.29, 1.82) is 0 Å². The fourth-order valence-electron chi connectivity index (χ4n) is 2.63. The summed E-state index contributed by atoms with van der Waals surface area (Å²) in [7, 11) is -3.11. The zero-order valence-corrected chi connectivity index (χ0v) is 14.1. The summed E-state index contributed by atoms with van der Waals surface area (Å²) < 4.78 is 28.5. The molecule has 1 fully saturated rings. The minimum absolute atomic E-state index is 0.0498. The van der Waals surface area contributed by atoms with Crippen LogP contribution in [-0.4, -0.2) is 59.8 Å². The number of sulfone groups is 1. The van der Waals surface area contributed by atoms with Crippen molar-refractivity contribution in [3.63, 3.8) is 0 Å². The summed E-state index contributed by atoms with van der Waals surface area (Å²) in [4.78, 5) is 27.7. The van der Waals surface area contributed by atoms with E-state index in [9.17, 15) is 23.3 Å². The van der Waals surface area contributed by atoms with Crippen LogP contribution >= 0.6 is 0 Å². The molecule has 1 unspecified atom stereocenters. The number of nitrogens with zero attached hydrogens (tertiary/aromatic N) is 3. The minimum atomic E-state index is -3.11. The van der Waals surface area contributed by atoms with Crippen molar-refractivity contribution in [3.05, 3.63) is 28.4 Å². The van der Waals surface area contributed by atoms with Gasteiger partial charge in [0.1, 0.15) is 6.20 Å². The van der Waals surface area contributed by atoms with E-state index in [0.29, 0.717) is 19.4 Å². The zero-order chi connectivity index (χ0) is 17.7. The third kappa shape index (κ3) is 4.40. The molecule has 10 heteroatoms. The topological polar surface area (TPSA) is 120 Å². The third-order valence-electron chi connectivity index (χ3n) is 3.71. The highest BCUT2D eigenvalue weighted by Gasteiger charge is 2.34. The molecule has 24 heavy (non-hydrogen) atoms. The molecule has 1 atom stereocenters. The Bertz CT molecular complexity index is 721. The van der Waals surface area contributed by atoms with E-state index in [-0.39, 0.29) is 23.3 Å². The second-order valence-corrected chi connectivity index (χ2v) is 7.74. The van der Waals surface area contributed by atoms with Gasteiger partial charge in [0.15, 0.2) is 16.4 Å². The molecule has 0 saturated carbocycles. The van der Waals surface area contributed by atoms with Crippen molar-refractivity contribution >= 4 is 21.6 Å². The SMILES string of the molecule is CCCN(C(=O)COc1cccnc1[N+](=O)[O-])C1CCS(=O)(=O)C1. The predicted molar refractivity (Wildman–Crippen MR) is 85.4 cm³/mol. The van der Waals surface area contributed by atoms with Gasteiger partial charge in [-0.15, -0.1) is 0 Å². The maximum atomic E-state index is 12.4. The number of aromatic nitrogens is 1. The number of ether oxygens (including phenoxy) is 1. The van der Waals surface area contributed by atoms with Crippen LogP contribution in [0.1, 0.15) is 19.8 Å². The quantitative estimate of drug-likeness (QED) is 0.522. The van der Waals surface area contributed by atoms with Crippen LogP contribution in [0.4, 0.5) is 5.82 Å². The van der Waals surface area contributed by atoms with Crippen molar-refractivity contribution in [1.82, 2.24) is 9.88 Å². The van der Waals surface area contributed by atoms with Crippen molar-refractivity contribution in [2.75, 3.05) is 24.7 Å². The van der Waals surface area contributed by atoms with Gasteiger partial charge in [0.05, 0.1) is 11.5 Å². The average Bonchev–Trinajstić information content (AvgIpc) is 2.90. The summed E-state index contributed by atoms with van der Waals surface area (Å²) in [5.74, 6) is -0.925. The number of carbonyl (C=O) groups excluding carboxylic acids is 1. The fourth-order valence-corrected chi connectivity index (χ4v) is 4.36. The number of hydrogen-bond donors (Lipinski definition) is 0. The van der Waals surface area contributed by atoms with Gasteiger partial charge in [-0.25, -0.2) is 8.42 Å².